The van der Waals surface area contributed by atoms with Gasteiger partial charge in [-0.1, -0.05) is 13.3 Å². The van der Waals surface area contributed by atoms with Crippen molar-refractivity contribution < 1.29 is 4.48 Å². The molecule has 1 rings (SSSR count). The molecule has 1 saturated heterocycles. The van der Waals surface area contributed by atoms with E-state index in [1.165, 1.54) is 67.7 Å². The standard InChI is InChI=1S/C12H26NS/c1-3-4-11-14-12-10-13(2)8-6-5-7-9-13/h3-12H2,1-2H3/q+1. The molecule has 0 aliphatic carbocycles. The molecule has 0 unspecified atom stereocenters. The Balaban J connectivity index is 2.03. The molecule has 0 aromatic rings. The topological polar surface area (TPSA) is 0 Å². The molecule has 1 aliphatic rings. The van der Waals surface area contributed by atoms with Gasteiger partial charge in [-0.3, -0.25) is 0 Å². The van der Waals surface area contributed by atoms with Gasteiger partial charge in [0.15, 0.2) is 0 Å². The van der Waals surface area contributed by atoms with Gasteiger partial charge in [0.1, 0.15) is 0 Å². The second-order valence-electron chi connectivity index (χ2n) is 4.82. The summed E-state index contributed by atoms with van der Waals surface area (Å²) in [6, 6.07) is 0. The van der Waals surface area contributed by atoms with Crippen LogP contribution >= 0.6 is 11.8 Å². The van der Waals surface area contributed by atoms with Crippen molar-refractivity contribution >= 4 is 11.8 Å². The number of likely N-dealkylation sites (tertiary alicyclic amines) is 1. The van der Waals surface area contributed by atoms with E-state index in [1.54, 1.807) is 0 Å². The first-order valence-electron chi connectivity index (χ1n) is 6.18. The molecule has 0 saturated carbocycles. The van der Waals surface area contributed by atoms with Crippen LogP contribution in [0.25, 0.3) is 0 Å². The summed E-state index contributed by atoms with van der Waals surface area (Å²) in [5, 5.41) is 0. The van der Waals surface area contributed by atoms with Crippen LogP contribution in [0.2, 0.25) is 0 Å². The summed E-state index contributed by atoms with van der Waals surface area (Å²) in [6.45, 7) is 6.52. The molecule has 0 aromatic heterocycles. The SMILES string of the molecule is CCCCSCC[N+]1(C)CCCCC1. The Hall–Kier alpha value is 0.310. The number of unbranched alkanes of at least 4 members (excludes halogenated alkanes) is 1. The normalized spacial score (nSPS) is 21.0. The van der Waals surface area contributed by atoms with E-state index >= 15 is 0 Å². The molecule has 0 aromatic carbocycles. The molecule has 0 radical (unpaired) electrons. The first kappa shape index (κ1) is 12.4. The highest BCUT2D eigenvalue weighted by Crippen LogP contribution is 2.17. The first-order chi connectivity index (χ1) is 6.77. The van der Waals surface area contributed by atoms with E-state index in [2.05, 4.69) is 25.7 Å². The summed E-state index contributed by atoms with van der Waals surface area (Å²) in [5.41, 5.74) is 0. The quantitative estimate of drug-likeness (QED) is 0.485. The van der Waals surface area contributed by atoms with E-state index in [-0.39, 0.29) is 0 Å². The third kappa shape index (κ3) is 4.70. The molecule has 1 nitrogen and oxygen atoms in total. The van der Waals surface area contributed by atoms with E-state index in [9.17, 15) is 0 Å². The van der Waals surface area contributed by atoms with Gasteiger partial charge in [0.2, 0.25) is 0 Å². The van der Waals surface area contributed by atoms with Crippen LogP contribution in [-0.4, -0.2) is 42.7 Å². The first-order valence-corrected chi connectivity index (χ1v) is 7.34. The Morgan fingerprint density at radius 3 is 2.43 bits per heavy atom. The number of rotatable bonds is 6. The van der Waals surface area contributed by atoms with E-state index < -0.39 is 0 Å². The lowest BCUT2D eigenvalue weighted by Gasteiger charge is -2.37. The van der Waals surface area contributed by atoms with Gasteiger partial charge in [0.25, 0.3) is 0 Å². The molecule has 0 bridgehead atoms. The summed E-state index contributed by atoms with van der Waals surface area (Å²) in [7, 11) is 2.44. The molecule has 14 heavy (non-hydrogen) atoms. The van der Waals surface area contributed by atoms with E-state index in [0.29, 0.717) is 0 Å². The average molecular weight is 216 g/mol. The van der Waals surface area contributed by atoms with Crippen LogP contribution in [0, 0.1) is 0 Å². The van der Waals surface area contributed by atoms with Crippen LogP contribution < -0.4 is 0 Å². The van der Waals surface area contributed by atoms with Crippen LogP contribution in [-0.2, 0) is 0 Å². The van der Waals surface area contributed by atoms with E-state index in [4.69, 9.17) is 0 Å². The zero-order chi connectivity index (χ0) is 10.3. The van der Waals surface area contributed by atoms with Crippen molar-refractivity contribution in [2.24, 2.45) is 0 Å². The van der Waals surface area contributed by atoms with Crippen molar-refractivity contribution in [2.75, 3.05) is 38.2 Å². The Morgan fingerprint density at radius 1 is 1.07 bits per heavy atom. The van der Waals surface area contributed by atoms with Crippen molar-refractivity contribution in [2.45, 2.75) is 39.0 Å². The van der Waals surface area contributed by atoms with Gasteiger partial charge in [0, 0.05) is 5.75 Å². The molecule has 2 heteroatoms. The maximum atomic E-state index is 2.44. The Kier molecular flexibility index (Phi) is 5.95. The van der Waals surface area contributed by atoms with Crippen LogP contribution in [0.4, 0.5) is 0 Å². The number of hydrogen-bond donors (Lipinski definition) is 0. The van der Waals surface area contributed by atoms with Crippen LogP contribution in [0.3, 0.4) is 0 Å². The minimum absolute atomic E-state index is 1.35. The number of piperidine rings is 1. The minimum atomic E-state index is 1.35. The van der Waals surface area contributed by atoms with Crippen LogP contribution in [0.1, 0.15) is 39.0 Å². The second kappa shape index (κ2) is 6.73. The van der Waals surface area contributed by atoms with Crippen molar-refractivity contribution in [1.29, 1.82) is 0 Å². The lowest BCUT2D eigenvalue weighted by atomic mass is 10.1. The second-order valence-corrected chi connectivity index (χ2v) is 6.04. The number of nitrogens with zero attached hydrogens (tertiary/aromatic N) is 1. The minimum Gasteiger partial charge on any atom is -0.325 e. The molecule has 84 valence electrons. The molecule has 0 N–H and O–H groups in total. The largest absolute Gasteiger partial charge is 0.325 e. The van der Waals surface area contributed by atoms with E-state index in [1.807, 2.05) is 0 Å². The molecule has 0 amide bonds. The van der Waals surface area contributed by atoms with Crippen molar-refractivity contribution in [3.05, 3.63) is 0 Å². The summed E-state index contributed by atoms with van der Waals surface area (Å²) in [4.78, 5) is 0. The Morgan fingerprint density at radius 2 is 1.79 bits per heavy atom. The molecular weight excluding hydrogens is 190 g/mol. The highest BCUT2D eigenvalue weighted by molar-refractivity contribution is 7.99. The van der Waals surface area contributed by atoms with Gasteiger partial charge in [-0.2, -0.15) is 11.8 Å². The van der Waals surface area contributed by atoms with Gasteiger partial charge < -0.3 is 4.48 Å². The fourth-order valence-electron chi connectivity index (χ4n) is 2.13. The zero-order valence-electron chi connectivity index (χ0n) is 9.93. The Labute approximate surface area is 93.8 Å². The maximum absolute atomic E-state index is 2.44. The van der Waals surface area contributed by atoms with Crippen molar-refractivity contribution in [3.63, 3.8) is 0 Å². The zero-order valence-corrected chi connectivity index (χ0v) is 10.7. The number of quaternary nitrogens is 1. The predicted molar refractivity (Wildman–Crippen MR) is 66.9 cm³/mol. The van der Waals surface area contributed by atoms with Gasteiger partial charge in [-0.15, -0.1) is 0 Å². The summed E-state index contributed by atoms with van der Waals surface area (Å²) < 4.78 is 1.35. The molecule has 1 aliphatic heterocycles. The molecule has 1 heterocycles. The van der Waals surface area contributed by atoms with Crippen LogP contribution in [0.5, 0.6) is 0 Å². The highest BCUT2D eigenvalue weighted by atomic mass is 32.2. The molecule has 0 spiro atoms. The predicted octanol–water partition coefficient (Wildman–Crippen LogP) is 3.15. The summed E-state index contributed by atoms with van der Waals surface area (Å²) in [6.07, 6.45) is 7.12. The van der Waals surface area contributed by atoms with Gasteiger partial charge in [-0.05, 0) is 31.4 Å². The number of hydrogen-bond acceptors (Lipinski definition) is 1. The van der Waals surface area contributed by atoms with Gasteiger partial charge in [-0.25, -0.2) is 0 Å². The van der Waals surface area contributed by atoms with Gasteiger partial charge in [0.05, 0.1) is 26.7 Å². The smallest absolute Gasteiger partial charge is 0.0876 e. The maximum Gasteiger partial charge on any atom is 0.0876 e. The molecule has 1 fully saturated rings. The fourth-order valence-corrected chi connectivity index (χ4v) is 3.40. The molecular formula is C12H26NS+. The monoisotopic (exact) mass is 216 g/mol. The van der Waals surface area contributed by atoms with E-state index in [0.717, 1.165) is 0 Å². The van der Waals surface area contributed by atoms with Crippen molar-refractivity contribution in [3.8, 4) is 0 Å². The molecule has 0 atom stereocenters. The summed E-state index contributed by atoms with van der Waals surface area (Å²) in [5.74, 6) is 2.74. The third-order valence-electron chi connectivity index (χ3n) is 3.31. The fraction of sp³-hybridized carbons (Fsp3) is 1.00. The third-order valence-corrected chi connectivity index (χ3v) is 4.36. The highest BCUT2D eigenvalue weighted by Gasteiger charge is 2.23. The average Bonchev–Trinajstić information content (AvgIpc) is 2.18. The Bertz CT molecular complexity index is 141. The lowest BCUT2D eigenvalue weighted by molar-refractivity contribution is -0.911. The lowest BCUT2D eigenvalue weighted by Crippen LogP contribution is -2.49. The number of thioether (sulfide) groups is 1. The van der Waals surface area contributed by atoms with Crippen molar-refractivity contribution in [1.82, 2.24) is 0 Å². The summed E-state index contributed by atoms with van der Waals surface area (Å²) >= 11 is 2.15. The van der Waals surface area contributed by atoms with Crippen LogP contribution in [0.15, 0.2) is 0 Å². The van der Waals surface area contributed by atoms with Gasteiger partial charge >= 0.3 is 0 Å².